The zero-order chi connectivity index (χ0) is 11.4. The Labute approximate surface area is 92.8 Å². The maximum Gasteiger partial charge on any atom is 0.240 e. The fraction of sp³-hybridized carbons (Fsp3) is 0.300. The van der Waals surface area contributed by atoms with E-state index in [1.807, 2.05) is 0 Å². The molecule has 1 rings (SSSR count). The smallest absolute Gasteiger partial charge is 0.240 e. The van der Waals surface area contributed by atoms with Gasteiger partial charge in [-0.3, -0.25) is 4.79 Å². The highest BCUT2D eigenvalue weighted by molar-refractivity contribution is 6.30. The molecule has 0 aliphatic heterocycles. The third kappa shape index (κ3) is 2.91. The van der Waals surface area contributed by atoms with Gasteiger partial charge in [-0.2, -0.15) is 0 Å². The lowest BCUT2D eigenvalue weighted by atomic mass is 10.3. The van der Waals surface area contributed by atoms with Crippen molar-refractivity contribution in [3.63, 3.8) is 0 Å². The molecule has 0 fully saturated rings. The van der Waals surface area contributed by atoms with Crippen LogP contribution in [0, 0.1) is 5.82 Å². The van der Waals surface area contributed by atoms with E-state index in [9.17, 15) is 9.18 Å². The number of carbonyl (C=O) groups is 1. The summed E-state index contributed by atoms with van der Waals surface area (Å²) in [6.45, 7) is 0.155. The average molecular weight is 231 g/mol. The average Bonchev–Trinajstić information content (AvgIpc) is 2.21. The van der Waals surface area contributed by atoms with Crippen molar-refractivity contribution in [3.8, 4) is 0 Å². The van der Waals surface area contributed by atoms with Crippen LogP contribution in [0.1, 0.15) is 0 Å². The first-order chi connectivity index (χ1) is 7.06. The molecule has 0 aliphatic rings. The molecule has 15 heavy (non-hydrogen) atoms. The summed E-state index contributed by atoms with van der Waals surface area (Å²) in [5.74, 6) is -0.690. The van der Waals surface area contributed by atoms with E-state index in [1.165, 1.54) is 30.1 Å². The molecule has 0 atom stereocenters. The predicted molar refractivity (Wildman–Crippen MR) is 58.7 cm³/mol. The van der Waals surface area contributed by atoms with E-state index in [4.69, 9.17) is 11.6 Å². The number of benzene rings is 1. The number of carbonyl (C=O) groups excluding carboxylic acids is 1. The Hall–Kier alpha value is -1.13. The lowest BCUT2D eigenvalue weighted by Crippen LogP contribution is -2.34. The van der Waals surface area contributed by atoms with Crippen molar-refractivity contribution in [2.24, 2.45) is 0 Å². The molecule has 82 valence electrons. The van der Waals surface area contributed by atoms with Crippen LogP contribution in [-0.2, 0) is 4.79 Å². The zero-order valence-electron chi connectivity index (χ0n) is 8.55. The van der Waals surface area contributed by atoms with Gasteiger partial charge in [0, 0.05) is 12.1 Å². The first-order valence-corrected chi connectivity index (χ1v) is 4.80. The monoisotopic (exact) mass is 230 g/mol. The molecule has 0 spiro atoms. The molecule has 1 amide bonds. The second-order valence-corrected chi connectivity index (χ2v) is 3.52. The van der Waals surface area contributed by atoms with Gasteiger partial charge in [0.1, 0.15) is 5.82 Å². The summed E-state index contributed by atoms with van der Waals surface area (Å²) in [4.78, 5) is 12.7. The first-order valence-electron chi connectivity index (χ1n) is 4.42. The van der Waals surface area contributed by atoms with Gasteiger partial charge in [-0.05, 0) is 25.2 Å². The van der Waals surface area contributed by atoms with Crippen molar-refractivity contribution in [2.45, 2.75) is 0 Å². The van der Waals surface area contributed by atoms with Gasteiger partial charge in [0.25, 0.3) is 0 Å². The highest BCUT2D eigenvalue weighted by atomic mass is 35.5. The molecule has 0 heterocycles. The molecule has 0 unspecified atom stereocenters. The molecule has 0 saturated heterocycles. The van der Waals surface area contributed by atoms with Crippen LogP contribution in [0.4, 0.5) is 10.1 Å². The van der Waals surface area contributed by atoms with Crippen LogP contribution in [0.5, 0.6) is 0 Å². The molecule has 0 radical (unpaired) electrons. The summed E-state index contributed by atoms with van der Waals surface area (Å²) in [5, 5.41) is 3.10. The minimum Gasteiger partial charge on any atom is -0.312 e. The van der Waals surface area contributed by atoms with Crippen molar-refractivity contribution < 1.29 is 9.18 Å². The Morgan fingerprint density at radius 2 is 2.27 bits per heavy atom. The van der Waals surface area contributed by atoms with Gasteiger partial charge >= 0.3 is 0 Å². The van der Waals surface area contributed by atoms with Crippen molar-refractivity contribution in [2.75, 3.05) is 25.5 Å². The van der Waals surface area contributed by atoms with Crippen LogP contribution in [0.25, 0.3) is 0 Å². The molecule has 0 bridgehead atoms. The molecule has 5 heteroatoms. The molecule has 0 saturated carbocycles. The second-order valence-electron chi connectivity index (χ2n) is 3.08. The fourth-order valence-electron chi connectivity index (χ4n) is 1.15. The maximum atomic E-state index is 13.3. The number of nitrogens with zero attached hydrogens (tertiary/aromatic N) is 1. The van der Waals surface area contributed by atoms with Crippen LogP contribution < -0.4 is 10.2 Å². The van der Waals surface area contributed by atoms with E-state index in [2.05, 4.69) is 5.32 Å². The fourth-order valence-corrected chi connectivity index (χ4v) is 1.31. The Bertz CT molecular complexity index is 370. The van der Waals surface area contributed by atoms with Crippen molar-refractivity contribution in [3.05, 3.63) is 29.0 Å². The van der Waals surface area contributed by atoms with E-state index >= 15 is 0 Å². The van der Waals surface area contributed by atoms with Crippen LogP contribution in [-0.4, -0.2) is 26.5 Å². The molecular formula is C10H12ClFN2O. The van der Waals surface area contributed by atoms with E-state index in [0.29, 0.717) is 5.02 Å². The standard InChI is InChI=1S/C10H12ClFN2O/c1-13-6-10(15)14(2)9-5-7(11)3-4-8(9)12/h3-5,13H,6H2,1-2H3. The largest absolute Gasteiger partial charge is 0.312 e. The Morgan fingerprint density at radius 1 is 1.60 bits per heavy atom. The number of nitrogens with one attached hydrogen (secondary N) is 1. The molecule has 1 N–H and O–H groups in total. The Kier molecular flexibility index (Phi) is 4.05. The quantitative estimate of drug-likeness (QED) is 0.857. The zero-order valence-corrected chi connectivity index (χ0v) is 9.31. The normalized spacial score (nSPS) is 10.1. The van der Waals surface area contributed by atoms with E-state index < -0.39 is 5.82 Å². The van der Waals surface area contributed by atoms with Gasteiger partial charge in [0.05, 0.1) is 12.2 Å². The Morgan fingerprint density at radius 3 is 2.87 bits per heavy atom. The SMILES string of the molecule is CNCC(=O)N(C)c1cc(Cl)ccc1F. The molecule has 0 aliphatic carbocycles. The van der Waals surface area contributed by atoms with Crippen molar-refractivity contribution in [1.29, 1.82) is 0 Å². The Balaban J connectivity index is 2.94. The minimum absolute atomic E-state index is 0.155. The van der Waals surface area contributed by atoms with E-state index in [0.717, 1.165) is 0 Å². The van der Waals surface area contributed by atoms with Gasteiger partial charge in [-0.1, -0.05) is 11.6 Å². The molecule has 0 aromatic heterocycles. The summed E-state index contributed by atoms with van der Waals surface area (Å²) in [7, 11) is 3.16. The minimum atomic E-state index is -0.466. The van der Waals surface area contributed by atoms with Crippen LogP contribution >= 0.6 is 11.6 Å². The second kappa shape index (κ2) is 5.09. The molecular weight excluding hydrogens is 219 g/mol. The number of anilines is 1. The molecule has 1 aromatic carbocycles. The molecule has 1 aromatic rings. The summed E-state index contributed by atoms with van der Waals surface area (Å²) < 4.78 is 13.3. The van der Waals surface area contributed by atoms with Crippen LogP contribution in [0.2, 0.25) is 5.02 Å². The van der Waals surface area contributed by atoms with Crippen LogP contribution in [0.3, 0.4) is 0 Å². The van der Waals surface area contributed by atoms with Gasteiger partial charge in [0.15, 0.2) is 0 Å². The predicted octanol–water partition coefficient (Wildman–Crippen LogP) is 1.66. The van der Waals surface area contributed by atoms with E-state index in [1.54, 1.807) is 7.05 Å². The van der Waals surface area contributed by atoms with Crippen molar-refractivity contribution >= 4 is 23.2 Å². The summed E-state index contributed by atoms with van der Waals surface area (Å²) >= 11 is 5.72. The summed E-state index contributed by atoms with van der Waals surface area (Å²) in [5.41, 5.74) is 0.183. The lowest BCUT2D eigenvalue weighted by molar-refractivity contribution is -0.117. The number of amides is 1. The van der Waals surface area contributed by atoms with Crippen LogP contribution in [0.15, 0.2) is 18.2 Å². The van der Waals surface area contributed by atoms with Crippen molar-refractivity contribution in [1.82, 2.24) is 5.32 Å². The lowest BCUT2D eigenvalue weighted by Gasteiger charge is -2.17. The van der Waals surface area contributed by atoms with Gasteiger partial charge < -0.3 is 10.2 Å². The first kappa shape index (κ1) is 11.9. The number of halogens is 2. The topological polar surface area (TPSA) is 32.3 Å². The molecule has 3 nitrogen and oxygen atoms in total. The number of likely N-dealkylation sites (N-methyl/N-ethyl adjacent to an activating group) is 2. The summed E-state index contributed by atoms with van der Waals surface area (Å²) in [6, 6.07) is 4.10. The number of rotatable bonds is 3. The third-order valence-electron chi connectivity index (χ3n) is 1.97. The number of hydrogen-bond donors (Lipinski definition) is 1. The van der Waals surface area contributed by atoms with Gasteiger partial charge in [-0.15, -0.1) is 0 Å². The number of hydrogen-bond acceptors (Lipinski definition) is 2. The van der Waals surface area contributed by atoms with E-state index in [-0.39, 0.29) is 18.1 Å². The highest BCUT2D eigenvalue weighted by Gasteiger charge is 2.14. The summed E-state index contributed by atoms with van der Waals surface area (Å²) in [6.07, 6.45) is 0. The van der Waals surface area contributed by atoms with Gasteiger partial charge in [0.2, 0.25) is 5.91 Å². The van der Waals surface area contributed by atoms with Gasteiger partial charge in [-0.25, -0.2) is 4.39 Å². The third-order valence-corrected chi connectivity index (χ3v) is 2.21. The maximum absolute atomic E-state index is 13.3. The highest BCUT2D eigenvalue weighted by Crippen LogP contribution is 2.22.